The molecule has 3 heteroatoms. The average Bonchev–Trinajstić information content (AvgIpc) is 2.71. The number of hydrogen-bond donors (Lipinski definition) is 1. The van der Waals surface area contributed by atoms with E-state index in [0.717, 1.165) is 18.9 Å². The Morgan fingerprint density at radius 3 is 2.70 bits per heavy atom. The predicted molar refractivity (Wildman–Crippen MR) is 88.1 cm³/mol. The topological polar surface area (TPSA) is 24.9 Å². The first-order valence-corrected chi connectivity index (χ1v) is 8.97. The van der Waals surface area contributed by atoms with Crippen molar-refractivity contribution in [3.63, 3.8) is 0 Å². The zero-order valence-electron chi connectivity index (χ0n) is 13.5. The number of rotatable bonds is 4. The molecule has 1 aliphatic rings. The summed E-state index contributed by atoms with van der Waals surface area (Å²) in [4.78, 5) is 5.90. The number of aryl methyl sites for hydroxylation is 1. The quantitative estimate of drug-likeness (QED) is 0.808. The molecular weight excluding hydrogens is 264 g/mol. The van der Waals surface area contributed by atoms with E-state index in [1.54, 1.807) is 0 Å². The summed E-state index contributed by atoms with van der Waals surface area (Å²) in [6, 6.07) is 0.691. The Labute approximate surface area is 128 Å². The lowest BCUT2D eigenvalue weighted by Gasteiger charge is -2.29. The van der Waals surface area contributed by atoms with Crippen LogP contribution < -0.4 is 5.32 Å². The zero-order chi connectivity index (χ0) is 14.6. The molecule has 114 valence electrons. The van der Waals surface area contributed by atoms with E-state index in [0.29, 0.717) is 11.5 Å². The van der Waals surface area contributed by atoms with Gasteiger partial charge in [-0.25, -0.2) is 4.98 Å². The number of nitrogens with zero attached hydrogens (tertiary/aromatic N) is 1. The minimum atomic E-state index is 0.472. The third kappa shape index (κ3) is 4.56. The Morgan fingerprint density at radius 1 is 1.25 bits per heavy atom. The standard InChI is InChI=1S/C17H30N2S/c1-5-15-11-19-16(20-15)12-18-14-8-6-7-13(9-10-14)17(2,3)4/h11,13-14,18H,5-10,12H2,1-4H3. The molecule has 1 fully saturated rings. The van der Waals surface area contributed by atoms with Crippen LogP contribution >= 0.6 is 11.3 Å². The van der Waals surface area contributed by atoms with Gasteiger partial charge < -0.3 is 5.32 Å². The summed E-state index contributed by atoms with van der Waals surface area (Å²) in [7, 11) is 0. The molecule has 0 saturated heterocycles. The van der Waals surface area contributed by atoms with Gasteiger partial charge in [-0.05, 0) is 43.4 Å². The van der Waals surface area contributed by atoms with Crippen molar-refractivity contribution in [1.29, 1.82) is 0 Å². The van der Waals surface area contributed by atoms with Gasteiger partial charge in [-0.2, -0.15) is 0 Å². The summed E-state index contributed by atoms with van der Waals surface area (Å²) in [6.45, 7) is 10.3. The van der Waals surface area contributed by atoms with Crippen molar-refractivity contribution >= 4 is 11.3 Å². The van der Waals surface area contributed by atoms with E-state index in [2.05, 4.69) is 38.0 Å². The molecule has 1 aliphatic carbocycles. The van der Waals surface area contributed by atoms with E-state index in [1.165, 1.54) is 42.0 Å². The summed E-state index contributed by atoms with van der Waals surface area (Å²) in [5, 5.41) is 4.98. The summed E-state index contributed by atoms with van der Waals surface area (Å²) in [6.07, 6.45) is 9.95. The van der Waals surface area contributed by atoms with Crippen molar-refractivity contribution in [3.05, 3.63) is 16.1 Å². The maximum atomic E-state index is 4.51. The molecule has 2 nitrogen and oxygen atoms in total. The van der Waals surface area contributed by atoms with Crippen LogP contribution in [0.1, 0.15) is 69.7 Å². The number of hydrogen-bond acceptors (Lipinski definition) is 3. The fourth-order valence-electron chi connectivity index (χ4n) is 3.20. The first-order chi connectivity index (χ1) is 9.49. The molecule has 2 unspecified atom stereocenters. The molecule has 2 rings (SSSR count). The highest BCUT2D eigenvalue weighted by Crippen LogP contribution is 2.36. The number of nitrogens with one attached hydrogen (secondary N) is 1. The Morgan fingerprint density at radius 2 is 2.05 bits per heavy atom. The van der Waals surface area contributed by atoms with Crippen LogP contribution in [0.25, 0.3) is 0 Å². The van der Waals surface area contributed by atoms with Crippen LogP contribution in [0.5, 0.6) is 0 Å². The summed E-state index contributed by atoms with van der Waals surface area (Å²) in [5.74, 6) is 0.890. The second kappa shape index (κ2) is 7.04. The van der Waals surface area contributed by atoms with E-state index in [4.69, 9.17) is 0 Å². The first kappa shape index (κ1) is 16.0. The molecule has 0 bridgehead atoms. The molecule has 1 heterocycles. The van der Waals surface area contributed by atoms with E-state index in [1.807, 2.05) is 17.5 Å². The van der Waals surface area contributed by atoms with Crippen LogP contribution in [0.4, 0.5) is 0 Å². The summed E-state index contributed by atoms with van der Waals surface area (Å²) >= 11 is 1.86. The van der Waals surface area contributed by atoms with E-state index in [9.17, 15) is 0 Å². The van der Waals surface area contributed by atoms with Gasteiger partial charge >= 0.3 is 0 Å². The van der Waals surface area contributed by atoms with Crippen LogP contribution in [0, 0.1) is 11.3 Å². The molecular formula is C17H30N2S. The van der Waals surface area contributed by atoms with Gasteiger partial charge in [-0.15, -0.1) is 11.3 Å². The molecule has 2 atom stereocenters. The second-order valence-corrected chi connectivity index (χ2v) is 8.42. The Bertz CT molecular complexity index is 405. The van der Waals surface area contributed by atoms with Crippen molar-refractivity contribution in [1.82, 2.24) is 10.3 Å². The molecule has 0 amide bonds. The number of aromatic nitrogens is 1. The Kier molecular flexibility index (Phi) is 5.62. The van der Waals surface area contributed by atoms with Gasteiger partial charge in [-0.1, -0.05) is 34.1 Å². The highest BCUT2D eigenvalue weighted by Gasteiger charge is 2.27. The highest BCUT2D eigenvalue weighted by atomic mass is 32.1. The first-order valence-electron chi connectivity index (χ1n) is 8.16. The maximum Gasteiger partial charge on any atom is 0.107 e. The van der Waals surface area contributed by atoms with Gasteiger partial charge in [0.25, 0.3) is 0 Å². The van der Waals surface area contributed by atoms with E-state index < -0.39 is 0 Å². The predicted octanol–water partition coefficient (Wildman–Crippen LogP) is 4.79. The van der Waals surface area contributed by atoms with Gasteiger partial charge in [-0.3, -0.25) is 0 Å². The lowest BCUT2D eigenvalue weighted by Crippen LogP contribution is -2.28. The van der Waals surface area contributed by atoms with Gasteiger partial charge in [0.05, 0.1) is 0 Å². The second-order valence-electron chi connectivity index (χ2n) is 7.22. The Balaban J connectivity index is 1.79. The van der Waals surface area contributed by atoms with Crippen molar-refractivity contribution in [3.8, 4) is 0 Å². The highest BCUT2D eigenvalue weighted by molar-refractivity contribution is 7.11. The normalized spacial score (nSPS) is 24.6. The smallest absolute Gasteiger partial charge is 0.107 e. The third-order valence-electron chi connectivity index (χ3n) is 4.69. The molecule has 1 aromatic heterocycles. The molecule has 20 heavy (non-hydrogen) atoms. The minimum Gasteiger partial charge on any atom is -0.308 e. The van der Waals surface area contributed by atoms with Gasteiger partial charge in [0.1, 0.15) is 5.01 Å². The monoisotopic (exact) mass is 294 g/mol. The van der Waals surface area contributed by atoms with Gasteiger partial charge in [0.2, 0.25) is 0 Å². The molecule has 0 radical (unpaired) electrons. The van der Waals surface area contributed by atoms with Crippen molar-refractivity contribution in [2.24, 2.45) is 11.3 Å². The molecule has 0 aromatic carbocycles. The van der Waals surface area contributed by atoms with Crippen LogP contribution in [0.2, 0.25) is 0 Å². The van der Waals surface area contributed by atoms with Crippen molar-refractivity contribution in [2.45, 2.75) is 78.8 Å². The van der Waals surface area contributed by atoms with Crippen molar-refractivity contribution < 1.29 is 0 Å². The fraction of sp³-hybridized carbons (Fsp3) is 0.824. The third-order valence-corrected chi connectivity index (χ3v) is 5.83. The zero-order valence-corrected chi connectivity index (χ0v) is 14.4. The summed E-state index contributed by atoms with van der Waals surface area (Å²) < 4.78 is 0. The largest absolute Gasteiger partial charge is 0.308 e. The maximum absolute atomic E-state index is 4.51. The molecule has 1 N–H and O–H groups in total. The van der Waals surface area contributed by atoms with E-state index >= 15 is 0 Å². The fourth-order valence-corrected chi connectivity index (χ4v) is 4.01. The van der Waals surface area contributed by atoms with Crippen LogP contribution in [-0.2, 0) is 13.0 Å². The Hall–Kier alpha value is -0.410. The van der Waals surface area contributed by atoms with Crippen LogP contribution in [-0.4, -0.2) is 11.0 Å². The van der Waals surface area contributed by atoms with Crippen molar-refractivity contribution in [2.75, 3.05) is 0 Å². The van der Waals surface area contributed by atoms with Crippen LogP contribution in [0.15, 0.2) is 6.20 Å². The summed E-state index contributed by atoms with van der Waals surface area (Å²) in [5.41, 5.74) is 0.472. The van der Waals surface area contributed by atoms with Crippen LogP contribution in [0.3, 0.4) is 0 Å². The molecule has 0 aliphatic heterocycles. The molecule has 0 spiro atoms. The minimum absolute atomic E-state index is 0.472. The number of thiazole rings is 1. The molecule has 1 saturated carbocycles. The SMILES string of the molecule is CCc1cnc(CNC2CCCC(C(C)(C)C)CC2)s1. The lowest BCUT2D eigenvalue weighted by atomic mass is 9.76. The average molecular weight is 295 g/mol. The van der Waals surface area contributed by atoms with E-state index in [-0.39, 0.29) is 0 Å². The molecule has 1 aromatic rings. The lowest BCUT2D eigenvalue weighted by molar-refractivity contribution is 0.213. The van der Waals surface area contributed by atoms with Gasteiger partial charge in [0, 0.05) is 23.7 Å². The van der Waals surface area contributed by atoms with Gasteiger partial charge in [0.15, 0.2) is 0 Å².